The van der Waals surface area contributed by atoms with Gasteiger partial charge in [-0.15, -0.1) is 0 Å². The molecule has 1 fully saturated rings. The van der Waals surface area contributed by atoms with Crippen LogP contribution in [0.5, 0.6) is 5.88 Å². The van der Waals surface area contributed by atoms with Gasteiger partial charge in [0.1, 0.15) is 11.8 Å². The fourth-order valence-electron chi connectivity index (χ4n) is 1.68. The summed E-state index contributed by atoms with van der Waals surface area (Å²) in [7, 11) is 0. The first kappa shape index (κ1) is 10.3. The highest BCUT2D eigenvalue weighted by molar-refractivity contribution is 5.52. The summed E-state index contributed by atoms with van der Waals surface area (Å²) in [5.74, 6) is 0.686. The van der Waals surface area contributed by atoms with Gasteiger partial charge in [0.25, 0.3) is 0 Å². The molecule has 0 radical (unpaired) electrons. The molecule has 0 saturated carbocycles. The monoisotopic (exact) mass is 211 g/mol. The van der Waals surface area contributed by atoms with E-state index >= 15 is 0 Å². The van der Waals surface area contributed by atoms with Gasteiger partial charge in [-0.3, -0.25) is 0 Å². The Morgan fingerprint density at radius 1 is 1.67 bits per heavy atom. The highest BCUT2D eigenvalue weighted by Gasteiger charge is 2.21. The van der Waals surface area contributed by atoms with Crippen LogP contribution < -0.4 is 10.5 Å². The lowest BCUT2D eigenvalue weighted by atomic mass is 10.3. The molecule has 5 nitrogen and oxygen atoms in total. The standard InChI is InChI=1S/C10H17N3O2/c1-3-13-10(9(11)7(2)12-13)15-8-4-5-14-6-8/h8H,3-6,11H2,1-2H3. The van der Waals surface area contributed by atoms with Gasteiger partial charge in [0.15, 0.2) is 0 Å². The smallest absolute Gasteiger partial charge is 0.236 e. The molecule has 2 N–H and O–H groups in total. The van der Waals surface area contributed by atoms with Gasteiger partial charge in [0.2, 0.25) is 5.88 Å². The second-order valence-corrected chi connectivity index (χ2v) is 3.72. The zero-order chi connectivity index (χ0) is 10.8. The van der Waals surface area contributed by atoms with E-state index < -0.39 is 0 Å². The molecular formula is C10H17N3O2. The van der Waals surface area contributed by atoms with Crippen LogP contribution in [0.3, 0.4) is 0 Å². The predicted octanol–water partition coefficient (Wildman–Crippen LogP) is 0.961. The molecule has 0 aromatic carbocycles. The van der Waals surface area contributed by atoms with Crippen LogP contribution in [0, 0.1) is 6.92 Å². The molecule has 5 heteroatoms. The van der Waals surface area contributed by atoms with E-state index in [4.69, 9.17) is 15.2 Å². The Balaban J connectivity index is 2.17. The van der Waals surface area contributed by atoms with Crippen LogP contribution in [-0.4, -0.2) is 29.1 Å². The van der Waals surface area contributed by atoms with Gasteiger partial charge in [-0.25, -0.2) is 4.68 Å². The SMILES string of the molecule is CCn1nc(C)c(N)c1OC1CCOC1. The number of hydrogen-bond acceptors (Lipinski definition) is 4. The lowest BCUT2D eigenvalue weighted by molar-refractivity contribution is 0.134. The minimum absolute atomic E-state index is 0.119. The molecule has 2 heterocycles. The van der Waals surface area contributed by atoms with Crippen LogP contribution in [0.15, 0.2) is 0 Å². The molecule has 0 amide bonds. The van der Waals surface area contributed by atoms with Gasteiger partial charge >= 0.3 is 0 Å². The Morgan fingerprint density at radius 2 is 2.47 bits per heavy atom. The summed E-state index contributed by atoms with van der Waals surface area (Å²) in [4.78, 5) is 0. The summed E-state index contributed by atoms with van der Waals surface area (Å²) in [6, 6.07) is 0. The maximum atomic E-state index is 5.91. The van der Waals surface area contributed by atoms with E-state index in [2.05, 4.69) is 5.10 Å². The van der Waals surface area contributed by atoms with Crippen molar-refractivity contribution in [3.05, 3.63) is 5.69 Å². The van der Waals surface area contributed by atoms with Crippen molar-refractivity contribution >= 4 is 5.69 Å². The largest absolute Gasteiger partial charge is 0.471 e. The van der Waals surface area contributed by atoms with Crippen molar-refractivity contribution in [3.8, 4) is 5.88 Å². The molecule has 1 aliphatic heterocycles. The predicted molar refractivity (Wildman–Crippen MR) is 56.9 cm³/mol. The third kappa shape index (κ3) is 1.92. The average Bonchev–Trinajstić information content (AvgIpc) is 2.82. The third-order valence-electron chi connectivity index (χ3n) is 2.59. The van der Waals surface area contributed by atoms with Crippen molar-refractivity contribution in [2.75, 3.05) is 18.9 Å². The quantitative estimate of drug-likeness (QED) is 0.809. The van der Waals surface area contributed by atoms with E-state index in [1.54, 1.807) is 4.68 Å². The first-order chi connectivity index (χ1) is 7.22. The summed E-state index contributed by atoms with van der Waals surface area (Å²) < 4.78 is 12.8. The number of rotatable bonds is 3. The molecule has 0 bridgehead atoms. The molecule has 0 aliphatic carbocycles. The zero-order valence-corrected chi connectivity index (χ0v) is 9.19. The number of nitrogens with two attached hydrogens (primary N) is 1. The summed E-state index contributed by atoms with van der Waals surface area (Å²) in [5, 5.41) is 4.30. The summed E-state index contributed by atoms with van der Waals surface area (Å²) in [5.41, 5.74) is 7.38. The van der Waals surface area contributed by atoms with Crippen LogP contribution >= 0.6 is 0 Å². The molecule has 1 saturated heterocycles. The van der Waals surface area contributed by atoms with Crippen molar-refractivity contribution in [1.82, 2.24) is 9.78 Å². The molecule has 15 heavy (non-hydrogen) atoms. The van der Waals surface area contributed by atoms with Crippen molar-refractivity contribution in [1.29, 1.82) is 0 Å². The lowest BCUT2D eigenvalue weighted by Crippen LogP contribution is -2.18. The Hall–Kier alpha value is -1.23. The third-order valence-corrected chi connectivity index (χ3v) is 2.59. The minimum Gasteiger partial charge on any atom is -0.471 e. The fourth-order valence-corrected chi connectivity index (χ4v) is 1.68. The summed E-state index contributed by atoms with van der Waals surface area (Å²) in [6.45, 7) is 6.08. The second-order valence-electron chi connectivity index (χ2n) is 3.72. The van der Waals surface area contributed by atoms with Gasteiger partial charge < -0.3 is 15.2 Å². The van der Waals surface area contributed by atoms with Crippen LogP contribution in [-0.2, 0) is 11.3 Å². The number of aryl methyl sites for hydroxylation is 2. The second kappa shape index (κ2) is 4.10. The maximum Gasteiger partial charge on any atom is 0.236 e. The first-order valence-corrected chi connectivity index (χ1v) is 5.29. The normalized spacial score (nSPS) is 20.8. The Kier molecular flexibility index (Phi) is 2.81. The molecule has 1 atom stereocenters. The Morgan fingerprint density at radius 3 is 3.07 bits per heavy atom. The number of nitrogen functional groups attached to an aromatic ring is 1. The number of nitrogens with zero attached hydrogens (tertiary/aromatic N) is 2. The zero-order valence-electron chi connectivity index (χ0n) is 9.19. The summed E-state index contributed by atoms with van der Waals surface area (Å²) in [6.07, 6.45) is 1.04. The molecule has 2 rings (SSSR count). The minimum atomic E-state index is 0.119. The Bertz CT molecular complexity index is 343. The molecular weight excluding hydrogens is 194 g/mol. The number of anilines is 1. The van der Waals surface area contributed by atoms with Crippen molar-refractivity contribution < 1.29 is 9.47 Å². The number of hydrogen-bond donors (Lipinski definition) is 1. The molecule has 0 spiro atoms. The molecule has 1 aromatic rings. The fraction of sp³-hybridized carbons (Fsp3) is 0.700. The topological polar surface area (TPSA) is 62.3 Å². The van der Waals surface area contributed by atoms with E-state index in [-0.39, 0.29) is 6.10 Å². The van der Waals surface area contributed by atoms with Crippen molar-refractivity contribution in [2.24, 2.45) is 0 Å². The van der Waals surface area contributed by atoms with Crippen LogP contribution in [0.4, 0.5) is 5.69 Å². The van der Waals surface area contributed by atoms with Crippen LogP contribution in [0.25, 0.3) is 0 Å². The Labute approximate surface area is 89.2 Å². The molecule has 84 valence electrons. The van der Waals surface area contributed by atoms with Crippen molar-refractivity contribution in [3.63, 3.8) is 0 Å². The van der Waals surface area contributed by atoms with E-state index in [1.165, 1.54) is 0 Å². The maximum absolute atomic E-state index is 5.91. The number of ether oxygens (including phenoxy) is 2. The van der Waals surface area contributed by atoms with Crippen molar-refractivity contribution in [2.45, 2.75) is 32.9 Å². The van der Waals surface area contributed by atoms with Gasteiger partial charge in [0, 0.05) is 13.0 Å². The van der Waals surface area contributed by atoms with E-state index in [1.807, 2.05) is 13.8 Å². The summed E-state index contributed by atoms with van der Waals surface area (Å²) >= 11 is 0. The highest BCUT2D eigenvalue weighted by Crippen LogP contribution is 2.27. The molecule has 1 aliphatic rings. The van der Waals surface area contributed by atoms with Gasteiger partial charge in [0.05, 0.1) is 18.9 Å². The van der Waals surface area contributed by atoms with Crippen LogP contribution in [0.2, 0.25) is 0 Å². The van der Waals surface area contributed by atoms with Crippen LogP contribution in [0.1, 0.15) is 19.0 Å². The number of aromatic nitrogens is 2. The van der Waals surface area contributed by atoms with Gasteiger partial charge in [-0.05, 0) is 13.8 Å². The highest BCUT2D eigenvalue weighted by atomic mass is 16.6. The lowest BCUT2D eigenvalue weighted by Gasteiger charge is -2.13. The van der Waals surface area contributed by atoms with E-state index in [9.17, 15) is 0 Å². The molecule has 1 unspecified atom stereocenters. The van der Waals surface area contributed by atoms with Gasteiger partial charge in [-0.2, -0.15) is 5.10 Å². The van der Waals surface area contributed by atoms with Gasteiger partial charge in [-0.1, -0.05) is 0 Å². The molecule has 1 aromatic heterocycles. The first-order valence-electron chi connectivity index (χ1n) is 5.29. The van der Waals surface area contributed by atoms with E-state index in [0.29, 0.717) is 18.2 Å². The van der Waals surface area contributed by atoms with E-state index in [0.717, 1.165) is 25.3 Å². The average molecular weight is 211 g/mol.